The van der Waals surface area contributed by atoms with Gasteiger partial charge in [0.05, 0.1) is 9.47 Å². The largest absolute Gasteiger partial charge is 0.379 e. The second-order valence-electron chi connectivity index (χ2n) is 4.65. The number of hydrogen-bond donors (Lipinski definition) is 2. The van der Waals surface area contributed by atoms with E-state index in [9.17, 15) is 9.18 Å². The number of halogens is 2. The van der Waals surface area contributed by atoms with Crippen LogP contribution in [0.5, 0.6) is 0 Å². The number of aryl methyl sites for hydroxylation is 1. The molecular formula is C14H12BrFN2OS. The van der Waals surface area contributed by atoms with E-state index in [0.29, 0.717) is 30.8 Å². The molecule has 20 heavy (non-hydrogen) atoms. The van der Waals surface area contributed by atoms with Gasteiger partial charge in [0, 0.05) is 18.7 Å². The van der Waals surface area contributed by atoms with Crippen molar-refractivity contribution in [2.75, 3.05) is 10.6 Å². The third-order valence-corrected chi connectivity index (χ3v) is 4.75. The molecule has 0 atom stereocenters. The van der Waals surface area contributed by atoms with Gasteiger partial charge >= 0.3 is 0 Å². The summed E-state index contributed by atoms with van der Waals surface area (Å²) in [5.41, 5.74) is 3.05. The van der Waals surface area contributed by atoms with Crippen molar-refractivity contribution in [3.8, 4) is 0 Å². The molecule has 1 aromatic heterocycles. The van der Waals surface area contributed by atoms with Crippen LogP contribution in [0.2, 0.25) is 0 Å². The zero-order valence-corrected chi connectivity index (χ0v) is 12.9. The fourth-order valence-electron chi connectivity index (χ4n) is 2.17. The van der Waals surface area contributed by atoms with Crippen molar-refractivity contribution < 1.29 is 9.18 Å². The topological polar surface area (TPSA) is 41.1 Å². The monoisotopic (exact) mass is 354 g/mol. The quantitative estimate of drug-likeness (QED) is 0.869. The van der Waals surface area contributed by atoms with Gasteiger partial charge in [0.2, 0.25) is 5.91 Å². The van der Waals surface area contributed by atoms with Crippen LogP contribution in [-0.2, 0) is 17.8 Å². The maximum absolute atomic E-state index is 14.0. The van der Waals surface area contributed by atoms with Crippen molar-refractivity contribution in [2.24, 2.45) is 0 Å². The molecule has 3 rings (SSSR count). The van der Waals surface area contributed by atoms with Crippen molar-refractivity contribution in [1.82, 2.24) is 0 Å². The molecule has 2 heterocycles. The molecule has 1 aliphatic rings. The predicted octanol–water partition coefficient (Wildman–Crippen LogP) is 4.15. The Morgan fingerprint density at radius 1 is 1.35 bits per heavy atom. The highest BCUT2D eigenvalue weighted by atomic mass is 79.9. The molecule has 0 aliphatic carbocycles. The molecule has 6 heteroatoms. The van der Waals surface area contributed by atoms with Gasteiger partial charge in [-0.25, -0.2) is 4.39 Å². The second-order valence-corrected chi connectivity index (χ2v) is 6.94. The Bertz CT molecular complexity index is 671. The molecule has 2 aromatic rings. The fourth-order valence-corrected chi connectivity index (χ4v) is 3.38. The minimum absolute atomic E-state index is 0.0168. The molecule has 0 bridgehead atoms. The Morgan fingerprint density at radius 3 is 2.95 bits per heavy atom. The number of anilines is 2. The maximum Gasteiger partial charge on any atom is 0.224 e. The molecule has 0 unspecified atom stereocenters. The van der Waals surface area contributed by atoms with Gasteiger partial charge in [-0.3, -0.25) is 4.79 Å². The summed E-state index contributed by atoms with van der Waals surface area (Å²) >= 11 is 4.99. The van der Waals surface area contributed by atoms with E-state index in [-0.39, 0.29) is 11.7 Å². The maximum atomic E-state index is 14.0. The number of carbonyl (C=O) groups excluding carboxylic acids is 1. The van der Waals surface area contributed by atoms with Crippen LogP contribution in [0.4, 0.5) is 15.8 Å². The molecule has 0 radical (unpaired) electrons. The summed E-state index contributed by atoms with van der Waals surface area (Å²) in [6.07, 6.45) is 1.01. The Labute approximate surface area is 128 Å². The zero-order valence-electron chi connectivity index (χ0n) is 10.5. The lowest BCUT2D eigenvalue weighted by Crippen LogP contribution is -2.19. The van der Waals surface area contributed by atoms with Crippen LogP contribution in [0.15, 0.2) is 27.4 Å². The number of benzene rings is 1. The summed E-state index contributed by atoms with van der Waals surface area (Å²) in [5, 5.41) is 7.85. The van der Waals surface area contributed by atoms with E-state index in [4.69, 9.17) is 0 Å². The van der Waals surface area contributed by atoms with Gasteiger partial charge in [-0.05, 0) is 57.1 Å². The van der Waals surface area contributed by atoms with E-state index in [2.05, 4.69) is 26.6 Å². The molecule has 2 N–H and O–H groups in total. The molecular weight excluding hydrogens is 343 g/mol. The van der Waals surface area contributed by atoms with Crippen molar-refractivity contribution >= 4 is 44.5 Å². The highest BCUT2D eigenvalue weighted by molar-refractivity contribution is 9.11. The third-order valence-electron chi connectivity index (χ3n) is 3.19. The molecule has 104 valence electrons. The van der Waals surface area contributed by atoms with Gasteiger partial charge in [0.25, 0.3) is 0 Å². The van der Waals surface area contributed by atoms with Gasteiger partial charge in [0.1, 0.15) is 5.82 Å². The van der Waals surface area contributed by atoms with Gasteiger partial charge < -0.3 is 10.6 Å². The Hall–Kier alpha value is -1.40. The van der Waals surface area contributed by atoms with Crippen molar-refractivity contribution in [2.45, 2.75) is 19.4 Å². The van der Waals surface area contributed by atoms with Crippen LogP contribution in [-0.4, -0.2) is 5.91 Å². The van der Waals surface area contributed by atoms with E-state index in [1.165, 1.54) is 6.07 Å². The van der Waals surface area contributed by atoms with Crippen molar-refractivity contribution in [1.29, 1.82) is 0 Å². The van der Waals surface area contributed by atoms with Crippen molar-refractivity contribution in [3.05, 3.63) is 44.3 Å². The average molecular weight is 355 g/mol. The first-order valence-electron chi connectivity index (χ1n) is 6.21. The summed E-state index contributed by atoms with van der Waals surface area (Å²) < 4.78 is 15.0. The van der Waals surface area contributed by atoms with Crippen LogP contribution < -0.4 is 10.6 Å². The number of amides is 1. The van der Waals surface area contributed by atoms with E-state index in [1.807, 2.05) is 11.4 Å². The fraction of sp³-hybridized carbons (Fsp3) is 0.214. The molecule has 0 saturated carbocycles. The number of carbonyl (C=O) groups is 1. The van der Waals surface area contributed by atoms with E-state index in [1.54, 1.807) is 17.4 Å². The normalized spacial score (nSPS) is 13.8. The lowest BCUT2D eigenvalue weighted by atomic mass is 10.0. The molecule has 1 aliphatic heterocycles. The summed E-state index contributed by atoms with van der Waals surface area (Å²) in [7, 11) is 0. The summed E-state index contributed by atoms with van der Waals surface area (Å²) in [6, 6.07) is 5.17. The number of fused-ring (bicyclic) bond motifs is 1. The molecule has 0 fully saturated rings. The highest BCUT2D eigenvalue weighted by Crippen LogP contribution is 2.29. The smallest absolute Gasteiger partial charge is 0.224 e. The van der Waals surface area contributed by atoms with E-state index in [0.717, 1.165) is 14.9 Å². The van der Waals surface area contributed by atoms with Crippen LogP contribution in [0.25, 0.3) is 0 Å². The highest BCUT2D eigenvalue weighted by Gasteiger charge is 2.17. The molecule has 0 saturated heterocycles. The Kier molecular flexibility index (Phi) is 3.76. The SMILES string of the molecule is O=C1CCc2cc(F)c(NCc3csc(Br)c3)cc2N1. The first kappa shape index (κ1) is 13.6. The lowest BCUT2D eigenvalue weighted by molar-refractivity contribution is -0.116. The minimum atomic E-state index is -0.283. The van der Waals surface area contributed by atoms with Crippen LogP contribution in [0.1, 0.15) is 17.5 Å². The average Bonchev–Trinajstić information content (AvgIpc) is 2.83. The summed E-state index contributed by atoms with van der Waals surface area (Å²) in [6.45, 7) is 0.547. The molecule has 3 nitrogen and oxygen atoms in total. The van der Waals surface area contributed by atoms with Gasteiger partial charge in [-0.15, -0.1) is 11.3 Å². The lowest BCUT2D eigenvalue weighted by Gasteiger charge is -2.18. The standard InChI is InChI=1S/C14H12BrFN2OS/c15-13-3-8(7-20-13)6-17-12-5-11-9(4-10(12)16)1-2-14(19)18-11/h3-5,7,17H,1-2,6H2,(H,18,19). The third kappa shape index (κ3) is 2.86. The Balaban J connectivity index is 1.79. The number of rotatable bonds is 3. The van der Waals surface area contributed by atoms with Crippen LogP contribution in [0.3, 0.4) is 0 Å². The van der Waals surface area contributed by atoms with Crippen LogP contribution in [0, 0.1) is 5.82 Å². The van der Waals surface area contributed by atoms with Gasteiger partial charge in [0.15, 0.2) is 0 Å². The molecule has 0 spiro atoms. The summed E-state index contributed by atoms with van der Waals surface area (Å²) in [5.74, 6) is -0.300. The van der Waals surface area contributed by atoms with E-state index >= 15 is 0 Å². The summed E-state index contributed by atoms with van der Waals surface area (Å²) in [4.78, 5) is 11.4. The zero-order chi connectivity index (χ0) is 14.1. The first-order valence-corrected chi connectivity index (χ1v) is 7.88. The van der Waals surface area contributed by atoms with Gasteiger partial charge in [-0.1, -0.05) is 0 Å². The molecule has 1 amide bonds. The number of nitrogens with one attached hydrogen (secondary N) is 2. The van der Waals surface area contributed by atoms with Crippen LogP contribution >= 0.6 is 27.3 Å². The predicted molar refractivity (Wildman–Crippen MR) is 82.7 cm³/mol. The number of hydrogen-bond acceptors (Lipinski definition) is 3. The Morgan fingerprint density at radius 2 is 2.20 bits per heavy atom. The van der Waals surface area contributed by atoms with Gasteiger partial charge in [-0.2, -0.15) is 0 Å². The first-order chi connectivity index (χ1) is 9.61. The number of thiophene rings is 1. The second kappa shape index (κ2) is 5.54. The molecule has 1 aromatic carbocycles. The van der Waals surface area contributed by atoms with Crippen molar-refractivity contribution in [3.63, 3.8) is 0 Å². The minimum Gasteiger partial charge on any atom is -0.379 e. The van der Waals surface area contributed by atoms with E-state index < -0.39 is 0 Å².